The van der Waals surface area contributed by atoms with Crippen molar-refractivity contribution >= 4 is 63.0 Å². The van der Waals surface area contributed by atoms with Crippen molar-refractivity contribution in [3.63, 3.8) is 0 Å². The first kappa shape index (κ1) is 51.0. The van der Waals surface area contributed by atoms with E-state index in [-0.39, 0.29) is 0 Å². The molecule has 17 rings (SSSR count). The van der Waals surface area contributed by atoms with Crippen LogP contribution < -0.4 is 0 Å². The van der Waals surface area contributed by atoms with E-state index in [2.05, 4.69) is 315 Å². The van der Waals surface area contributed by atoms with Crippen LogP contribution in [0.3, 0.4) is 0 Å². The van der Waals surface area contributed by atoms with Crippen molar-refractivity contribution in [2.24, 2.45) is 0 Å². The minimum absolute atomic E-state index is 0.906. The molecule has 0 fully saturated rings. The van der Waals surface area contributed by atoms with Gasteiger partial charge in [-0.1, -0.05) is 231 Å². The Bertz CT molecular complexity index is 5000. The number of benzene rings is 14. The Morgan fingerprint density at radius 3 is 0.782 bits per heavy atom. The summed E-state index contributed by atoms with van der Waals surface area (Å²) in [6.45, 7) is 0. The largest absolute Gasteiger partial charge is 0.135 e. The Labute approximate surface area is 514 Å². The van der Waals surface area contributed by atoms with E-state index in [9.17, 15) is 0 Å². The summed E-state index contributed by atoms with van der Waals surface area (Å²) >= 11 is 3.82. The maximum atomic E-state index is 2.50. The predicted octanol–water partition coefficient (Wildman–Crippen LogP) is 24.7. The van der Waals surface area contributed by atoms with E-state index in [1.807, 2.05) is 22.7 Å². The standard InChI is InChI=1S/C85H54S2/c1-5-17-54(18-6-1)58-25-13-29-62(41-58)66-37-39-82-78(46-66)80-52-72(64-31-15-27-60(43-64)56-21-9-3-10-22-56)50-76(84(80)86-82)70-35-33-68-45-69-34-36-71(49-75(69)74(68)48-70)77-51-73(65-32-16-28-61(44-65)57-23-11-4-12-24-57)53-81-79-47-67(38-40-83(79)87-85(77)81)63-30-14-26-59(42-63)55-19-7-2-8-20-55/h1-44,46-53H,45H2. The van der Waals surface area contributed by atoms with Crippen molar-refractivity contribution in [2.45, 2.75) is 6.42 Å². The van der Waals surface area contributed by atoms with Gasteiger partial charge >= 0.3 is 0 Å². The van der Waals surface area contributed by atoms with E-state index in [0.717, 1.165) is 6.42 Å². The van der Waals surface area contributed by atoms with Gasteiger partial charge in [-0.2, -0.15) is 0 Å². The average molecular weight is 1140 g/mol. The highest BCUT2D eigenvalue weighted by atomic mass is 32.1. The van der Waals surface area contributed by atoms with Crippen LogP contribution in [-0.2, 0) is 6.42 Å². The minimum Gasteiger partial charge on any atom is -0.135 e. The third-order valence-electron chi connectivity index (χ3n) is 17.9. The second kappa shape index (κ2) is 21.2. The van der Waals surface area contributed by atoms with Crippen molar-refractivity contribution in [3.8, 4) is 122 Å². The van der Waals surface area contributed by atoms with E-state index >= 15 is 0 Å². The fourth-order valence-electron chi connectivity index (χ4n) is 13.4. The van der Waals surface area contributed by atoms with Gasteiger partial charge in [-0.25, -0.2) is 0 Å². The van der Waals surface area contributed by atoms with E-state index < -0.39 is 0 Å². The van der Waals surface area contributed by atoms with Crippen LogP contribution in [0.4, 0.5) is 0 Å². The maximum Gasteiger partial charge on any atom is 0.0434 e. The van der Waals surface area contributed by atoms with Crippen LogP contribution in [-0.4, -0.2) is 0 Å². The van der Waals surface area contributed by atoms with Gasteiger partial charge in [-0.15, -0.1) is 22.7 Å². The maximum absolute atomic E-state index is 2.50. The summed E-state index contributed by atoms with van der Waals surface area (Å²) in [5.41, 5.74) is 29.8. The van der Waals surface area contributed by atoms with Crippen LogP contribution >= 0.6 is 22.7 Å². The summed E-state index contributed by atoms with van der Waals surface area (Å²) in [6.07, 6.45) is 0.906. The van der Waals surface area contributed by atoms with Gasteiger partial charge in [0.2, 0.25) is 0 Å². The second-order valence-electron chi connectivity index (χ2n) is 23.1. The molecule has 2 aromatic heterocycles. The summed E-state index contributed by atoms with van der Waals surface area (Å²) in [4.78, 5) is 0. The number of hydrogen-bond acceptors (Lipinski definition) is 2. The zero-order valence-corrected chi connectivity index (χ0v) is 49.2. The molecule has 0 spiro atoms. The molecule has 0 saturated heterocycles. The molecule has 406 valence electrons. The van der Waals surface area contributed by atoms with Gasteiger partial charge in [0.05, 0.1) is 0 Å². The molecule has 14 aromatic carbocycles. The highest BCUT2D eigenvalue weighted by Gasteiger charge is 2.24. The molecule has 0 aliphatic heterocycles. The number of hydrogen-bond donors (Lipinski definition) is 0. The fraction of sp³-hybridized carbons (Fsp3) is 0.0118. The molecule has 0 nitrogen and oxygen atoms in total. The Balaban J connectivity index is 0.813. The summed E-state index contributed by atoms with van der Waals surface area (Å²) < 4.78 is 5.19. The Hall–Kier alpha value is -10.5. The lowest BCUT2D eigenvalue weighted by Gasteiger charge is -2.13. The van der Waals surface area contributed by atoms with Crippen molar-refractivity contribution in [1.82, 2.24) is 0 Å². The molecular weight excluding hydrogens is 1090 g/mol. The summed E-state index contributed by atoms with van der Waals surface area (Å²) in [5.74, 6) is 0. The van der Waals surface area contributed by atoms with Crippen molar-refractivity contribution in [1.29, 1.82) is 0 Å². The molecule has 0 bridgehead atoms. The first-order chi connectivity index (χ1) is 43.0. The van der Waals surface area contributed by atoms with E-state index in [4.69, 9.17) is 0 Å². The SMILES string of the molecule is c1ccc(-c2cccc(-c3ccc4sc5c(-c6ccc7c(c6)-c6cc(-c8cc(-c9cccc(-c%10ccccc%10)c9)cc9c8sc8ccc(-c%10cccc(-c%11ccccc%11)c%10)cc89)ccc6C7)cc(-c6cccc(-c7ccccc7)c6)cc5c4c3)c2)cc1. The smallest absolute Gasteiger partial charge is 0.0434 e. The number of fused-ring (bicyclic) bond motifs is 9. The monoisotopic (exact) mass is 1140 g/mol. The van der Waals surface area contributed by atoms with Gasteiger partial charge in [0, 0.05) is 51.5 Å². The van der Waals surface area contributed by atoms with Crippen LogP contribution in [0.2, 0.25) is 0 Å². The molecular formula is C85H54S2. The van der Waals surface area contributed by atoms with Crippen LogP contribution in [0.5, 0.6) is 0 Å². The predicted molar refractivity (Wildman–Crippen MR) is 375 cm³/mol. The van der Waals surface area contributed by atoms with Gasteiger partial charge in [-0.3, -0.25) is 0 Å². The molecule has 1 aliphatic carbocycles. The van der Waals surface area contributed by atoms with Crippen LogP contribution in [0.25, 0.3) is 163 Å². The molecule has 1 aliphatic rings. The molecule has 87 heavy (non-hydrogen) atoms. The van der Waals surface area contributed by atoms with Gasteiger partial charge in [0.15, 0.2) is 0 Å². The minimum atomic E-state index is 0.906. The first-order valence-corrected chi connectivity index (χ1v) is 31.6. The van der Waals surface area contributed by atoms with Gasteiger partial charge < -0.3 is 0 Å². The lowest BCUT2D eigenvalue weighted by Crippen LogP contribution is -1.87. The molecule has 0 unspecified atom stereocenters. The summed E-state index contributed by atoms with van der Waals surface area (Å²) in [6, 6.07) is 118. The quantitative estimate of drug-likeness (QED) is 0.128. The molecule has 0 atom stereocenters. The molecule has 2 heteroatoms. The lowest BCUT2D eigenvalue weighted by molar-refractivity contribution is 1.26. The summed E-state index contributed by atoms with van der Waals surface area (Å²) in [5, 5.41) is 5.13. The fourth-order valence-corrected chi connectivity index (χ4v) is 15.8. The Morgan fingerprint density at radius 2 is 0.437 bits per heavy atom. The van der Waals surface area contributed by atoms with Crippen molar-refractivity contribution in [2.75, 3.05) is 0 Å². The molecule has 0 amide bonds. The third-order valence-corrected chi connectivity index (χ3v) is 20.3. The van der Waals surface area contributed by atoms with Gasteiger partial charge in [0.25, 0.3) is 0 Å². The molecule has 2 heterocycles. The van der Waals surface area contributed by atoms with Gasteiger partial charge in [0.1, 0.15) is 0 Å². The molecule has 16 aromatic rings. The van der Waals surface area contributed by atoms with Gasteiger partial charge in [-0.05, 0) is 214 Å². The highest BCUT2D eigenvalue weighted by molar-refractivity contribution is 7.26. The van der Waals surface area contributed by atoms with E-state index in [1.54, 1.807) is 0 Å². The summed E-state index contributed by atoms with van der Waals surface area (Å²) in [7, 11) is 0. The average Bonchev–Trinajstić information content (AvgIpc) is 1.95. The third kappa shape index (κ3) is 9.30. The number of thiophene rings is 2. The molecule has 0 saturated carbocycles. The molecule has 0 N–H and O–H groups in total. The second-order valence-corrected chi connectivity index (χ2v) is 25.2. The van der Waals surface area contributed by atoms with Crippen molar-refractivity contribution < 1.29 is 0 Å². The Morgan fingerprint density at radius 1 is 0.172 bits per heavy atom. The molecule has 0 radical (unpaired) electrons. The van der Waals surface area contributed by atoms with Crippen LogP contribution in [0.15, 0.2) is 315 Å². The number of rotatable bonds is 10. The van der Waals surface area contributed by atoms with Crippen molar-refractivity contribution in [3.05, 3.63) is 327 Å². The van der Waals surface area contributed by atoms with E-state index in [1.165, 1.54) is 174 Å². The van der Waals surface area contributed by atoms with Crippen LogP contribution in [0, 0.1) is 0 Å². The van der Waals surface area contributed by atoms with E-state index in [0.29, 0.717) is 0 Å². The normalized spacial score (nSPS) is 11.9. The lowest BCUT2D eigenvalue weighted by atomic mass is 9.91. The highest BCUT2D eigenvalue weighted by Crippen LogP contribution is 2.50. The zero-order chi connectivity index (χ0) is 57.4. The topological polar surface area (TPSA) is 0 Å². The zero-order valence-electron chi connectivity index (χ0n) is 47.5. The first-order valence-electron chi connectivity index (χ1n) is 30.0. The van der Waals surface area contributed by atoms with Crippen LogP contribution in [0.1, 0.15) is 11.1 Å². The Kier molecular flexibility index (Phi) is 12.4.